The summed E-state index contributed by atoms with van der Waals surface area (Å²) in [5.74, 6) is 0.718. The van der Waals surface area contributed by atoms with Gasteiger partial charge in [0, 0.05) is 35.2 Å². The van der Waals surface area contributed by atoms with Crippen LogP contribution >= 0.6 is 22.7 Å². The number of hydrogen-bond acceptors (Lipinski definition) is 6. The molecule has 0 aliphatic rings. The number of thiazole rings is 1. The van der Waals surface area contributed by atoms with Gasteiger partial charge >= 0.3 is 0 Å². The number of amides is 1. The van der Waals surface area contributed by atoms with Crippen LogP contribution in [0.25, 0.3) is 21.9 Å². The Hall–Kier alpha value is -2.84. The number of aromatic nitrogens is 2. The highest BCUT2D eigenvalue weighted by molar-refractivity contribution is 7.16. The summed E-state index contributed by atoms with van der Waals surface area (Å²) in [5.41, 5.74) is 1.77. The molecule has 0 spiro atoms. The molecule has 0 aliphatic carbocycles. The minimum absolute atomic E-state index is 0.0385. The molecule has 0 atom stereocenters. The van der Waals surface area contributed by atoms with Gasteiger partial charge in [0.2, 0.25) is 5.91 Å². The molecule has 1 aromatic carbocycles. The van der Waals surface area contributed by atoms with Crippen LogP contribution in [0.1, 0.15) is 22.2 Å². The van der Waals surface area contributed by atoms with Crippen LogP contribution in [-0.2, 0) is 17.6 Å². The summed E-state index contributed by atoms with van der Waals surface area (Å²) < 4.78 is 18.7. The van der Waals surface area contributed by atoms with E-state index >= 15 is 0 Å². The fraction of sp³-hybridized carbons (Fsp3) is 0.227. The summed E-state index contributed by atoms with van der Waals surface area (Å²) in [5, 5.41) is 6.07. The normalized spacial score (nSPS) is 11.0. The van der Waals surface area contributed by atoms with Crippen molar-refractivity contribution in [3.05, 3.63) is 69.6 Å². The van der Waals surface area contributed by atoms with Crippen molar-refractivity contribution in [1.82, 2.24) is 15.3 Å². The minimum Gasteiger partial charge on any atom is -0.441 e. The smallest absolute Gasteiger partial charge is 0.220 e. The summed E-state index contributed by atoms with van der Waals surface area (Å²) in [7, 11) is 0. The minimum atomic E-state index is -0.299. The molecule has 1 N–H and O–H groups in total. The largest absolute Gasteiger partial charge is 0.441 e. The molecule has 4 aromatic rings. The monoisotopic (exact) mass is 441 g/mol. The third kappa shape index (κ3) is 5.20. The van der Waals surface area contributed by atoms with E-state index in [-0.39, 0.29) is 11.7 Å². The molecule has 3 heterocycles. The molecule has 0 saturated carbocycles. The average molecular weight is 442 g/mol. The van der Waals surface area contributed by atoms with Gasteiger partial charge in [-0.25, -0.2) is 14.4 Å². The lowest BCUT2D eigenvalue weighted by molar-refractivity contribution is -0.121. The molecule has 0 saturated heterocycles. The van der Waals surface area contributed by atoms with Crippen LogP contribution in [0.2, 0.25) is 0 Å². The van der Waals surface area contributed by atoms with Gasteiger partial charge in [0.25, 0.3) is 0 Å². The third-order valence-corrected chi connectivity index (χ3v) is 6.42. The molecule has 0 radical (unpaired) electrons. The Balaban J connectivity index is 1.21. The van der Waals surface area contributed by atoms with Gasteiger partial charge in [0.1, 0.15) is 5.82 Å². The highest BCUT2D eigenvalue weighted by Gasteiger charge is 2.10. The van der Waals surface area contributed by atoms with Crippen molar-refractivity contribution in [3.63, 3.8) is 0 Å². The van der Waals surface area contributed by atoms with Crippen molar-refractivity contribution >= 4 is 28.6 Å². The first-order valence-electron chi connectivity index (χ1n) is 9.55. The standard InChI is InChI=1S/C22H20FN3O2S2/c1-14-26-18(13-29-14)20-7-6-17(30-20)10-11-24-21(27)8-9-22-25-12-19(28-22)15-2-4-16(23)5-3-15/h2-7,12-13H,8-11H2,1H3,(H,24,27). The zero-order chi connectivity index (χ0) is 20.9. The van der Waals surface area contributed by atoms with Gasteiger partial charge in [-0.1, -0.05) is 0 Å². The maximum Gasteiger partial charge on any atom is 0.220 e. The molecular weight excluding hydrogens is 421 g/mol. The molecule has 1 amide bonds. The van der Waals surface area contributed by atoms with Gasteiger partial charge in [0.05, 0.1) is 21.8 Å². The highest BCUT2D eigenvalue weighted by atomic mass is 32.1. The fourth-order valence-electron chi connectivity index (χ4n) is 2.93. The Kier molecular flexibility index (Phi) is 6.35. The van der Waals surface area contributed by atoms with Gasteiger partial charge < -0.3 is 9.73 Å². The molecule has 0 unspecified atom stereocenters. The van der Waals surface area contributed by atoms with Crippen LogP contribution in [0.3, 0.4) is 0 Å². The lowest BCUT2D eigenvalue weighted by atomic mass is 10.2. The molecule has 0 fully saturated rings. The first-order chi connectivity index (χ1) is 14.6. The fourth-order valence-corrected chi connectivity index (χ4v) is 4.59. The van der Waals surface area contributed by atoms with E-state index in [2.05, 4.69) is 32.8 Å². The third-order valence-electron chi connectivity index (χ3n) is 4.47. The van der Waals surface area contributed by atoms with Crippen LogP contribution in [0.15, 0.2) is 52.4 Å². The Morgan fingerprint density at radius 2 is 2.00 bits per heavy atom. The zero-order valence-corrected chi connectivity index (χ0v) is 18.0. The van der Waals surface area contributed by atoms with Gasteiger partial charge in [-0.2, -0.15) is 0 Å². The number of thiophene rings is 1. The summed E-state index contributed by atoms with van der Waals surface area (Å²) in [6, 6.07) is 10.2. The molecule has 5 nitrogen and oxygen atoms in total. The molecule has 0 aliphatic heterocycles. The number of carbonyl (C=O) groups is 1. The van der Waals surface area contributed by atoms with Crippen molar-refractivity contribution in [1.29, 1.82) is 0 Å². The van der Waals surface area contributed by atoms with Crippen LogP contribution in [0, 0.1) is 12.7 Å². The molecule has 0 bridgehead atoms. The van der Waals surface area contributed by atoms with Gasteiger partial charge in [-0.05, 0) is 49.7 Å². The first-order valence-corrected chi connectivity index (χ1v) is 11.2. The summed E-state index contributed by atoms with van der Waals surface area (Å²) in [6.45, 7) is 2.58. The number of hydrogen-bond donors (Lipinski definition) is 1. The zero-order valence-electron chi connectivity index (χ0n) is 16.4. The second kappa shape index (κ2) is 9.32. The Morgan fingerprint density at radius 1 is 1.17 bits per heavy atom. The predicted octanol–water partition coefficient (Wildman–Crippen LogP) is 5.27. The van der Waals surface area contributed by atoms with Crippen LogP contribution in [0.5, 0.6) is 0 Å². The molecule has 3 aromatic heterocycles. The highest BCUT2D eigenvalue weighted by Crippen LogP contribution is 2.29. The van der Waals surface area contributed by atoms with Gasteiger partial charge in [0.15, 0.2) is 11.7 Å². The molecule has 154 valence electrons. The lowest BCUT2D eigenvalue weighted by Gasteiger charge is -2.03. The molecular formula is C22H20FN3O2S2. The lowest BCUT2D eigenvalue weighted by Crippen LogP contribution is -2.25. The number of aryl methyl sites for hydroxylation is 2. The quantitative estimate of drug-likeness (QED) is 0.405. The number of halogens is 1. The van der Waals surface area contributed by atoms with E-state index in [4.69, 9.17) is 4.42 Å². The predicted molar refractivity (Wildman–Crippen MR) is 117 cm³/mol. The van der Waals surface area contributed by atoms with E-state index in [1.807, 2.05) is 6.92 Å². The molecule has 30 heavy (non-hydrogen) atoms. The number of nitrogens with zero attached hydrogens (tertiary/aromatic N) is 2. The van der Waals surface area contributed by atoms with Crippen LogP contribution in [-0.4, -0.2) is 22.4 Å². The van der Waals surface area contributed by atoms with E-state index in [9.17, 15) is 9.18 Å². The molecule has 8 heteroatoms. The van der Waals surface area contributed by atoms with Crippen molar-refractivity contribution in [2.24, 2.45) is 0 Å². The Labute approximate surface area is 181 Å². The van der Waals surface area contributed by atoms with Gasteiger partial charge in [-0.15, -0.1) is 22.7 Å². The van der Waals surface area contributed by atoms with Gasteiger partial charge in [-0.3, -0.25) is 4.79 Å². The number of oxazole rings is 1. The van der Waals surface area contributed by atoms with Crippen molar-refractivity contribution in [2.75, 3.05) is 6.54 Å². The SMILES string of the molecule is Cc1nc(-c2ccc(CCNC(=O)CCc3ncc(-c4ccc(F)cc4)o3)s2)cs1. The second-order valence-electron chi connectivity index (χ2n) is 6.74. The van der Waals surface area contributed by atoms with E-state index in [1.165, 1.54) is 17.0 Å². The van der Waals surface area contributed by atoms with Crippen molar-refractivity contribution in [2.45, 2.75) is 26.2 Å². The van der Waals surface area contributed by atoms with Crippen molar-refractivity contribution < 1.29 is 13.6 Å². The maximum absolute atomic E-state index is 13.0. The number of benzene rings is 1. The van der Waals surface area contributed by atoms with Crippen LogP contribution in [0.4, 0.5) is 4.39 Å². The Morgan fingerprint density at radius 3 is 2.77 bits per heavy atom. The number of rotatable bonds is 8. The van der Waals surface area contributed by atoms with E-state index < -0.39 is 0 Å². The topological polar surface area (TPSA) is 68.0 Å². The summed E-state index contributed by atoms with van der Waals surface area (Å²) >= 11 is 3.35. The van der Waals surface area contributed by atoms with Crippen LogP contribution < -0.4 is 5.32 Å². The summed E-state index contributed by atoms with van der Waals surface area (Å²) in [6.07, 6.45) is 3.10. The number of nitrogens with one attached hydrogen (secondary N) is 1. The second-order valence-corrected chi connectivity index (χ2v) is 8.97. The number of carbonyl (C=O) groups excluding carboxylic acids is 1. The van der Waals surface area contributed by atoms with E-state index in [1.54, 1.807) is 41.0 Å². The maximum atomic E-state index is 13.0. The first kappa shape index (κ1) is 20.4. The van der Waals surface area contributed by atoms with Crippen molar-refractivity contribution in [3.8, 4) is 21.9 Å². The van der Waals surface area contributed by atoms with E-state index in [0.717, 1.165) is 27.6 Å². The Bertz CT molecular complexity index is 1130. The summed E-state index contributed by atoms with van der Waals surface area (Å²) in [4.78, 5) is 23.2. The average Bonchev–Trinajstić information content (AvgIpc) is 3.48. The van der Waals surface area contributed by atoms with E-state index in [0.29, 0.717) is 31.0 Å². The molecule has 4 rings (SSSR count).